The molecule has 0 aliphatic heterocycles. The third-order valence-electron chi connectivity index (χ3n) is 3.00. The summed E-state index contributed by atoms with van der Waals surface area (Å²) in [5, 5.41) is 10.7. The van der Waals surface area contributed by atoms with Crippen molar-refractivity contribution in [3.05, 3.63) is 35.5 Å². The third-order valence-corrected chi connectivity index (χ3v) is 3.00. The number of nitrogens with one attached hydrogen (secondary N) is 1. The topological polar surface area (TPSA) is 93.6 Å². The summed E-state index contributed by atoms with van der Waals surface area (Å²) < 4.78 is 5.28. The summed E-state index contributed by atoms with van der Waals surface area (Å²) in [4.78, 5) is 4.39. The lowest BCUT2D eigenvalue weighted by molar-refractivity contribution is 0.432. The van der Waals surface area contributed by atoms with Crippen LogP contribution in [-0.4, -0.2) is 20.3 Å². The summed E-state index contributed by atoms with van der Waals surface area (Å²) in [7, 11) is 0. The molecule has 0 aliphatic rings. The second kappa shape index (κ2) is 4.24. The van der Waals surface area contributed by atoms with Crippen molar-refractivity contribution in [2.24, 2.45) is 0 Å². The van der Waals surface area contributed by atoms with Crippen molar-refractivity contribution < 1.29 is 4.52 Å². The maximum atomic E-state index is 5.78. The van der Waals surface area contributed by atoms with Crippen molar-refractivity contribution in [3.63, 3.8) is 0 Å². The second-order valence-corrected chi connectivity index (χ2v) is 4.35. The molecule has 0 aliphatic carbocycles. The molecule has 3 N–H and O–H groups in total. The standard InChI is InChI=1S/C13H13N5O/c1-7-5-3-4-6-9(7)12-15-13(19-18-12)10-8(2)16-17-11(10)14/h3-6H,1-2H3,(H3,14,16,17). The highest BCUT2D eigenvalue weighted by molar-refractivity contribution is 5.71. The van der Waals surface area contributed by atoms with Crippen LogP contribution in [0.4, 0.5) is 5.82 Å². The monoisotopic (exact) mass is 255 g/mol. The molecule has 0 amide bonds. The largest absolute Gasteiger partial charge is 0.382 e. The first-order valence-corrected chi connectivity index (χ1v) is 5.87. The Balaban J connectivity index is 2.08. The molecule has 0 spiro atoms. The van der Waals surface area contributed by atoms with E-state index in [4.69, 9.17) is 10.3 Å². The highest BCUT2D eigenvalue weighted by Gasteiger charge is 2.18. The Kier molecular flexibility index (Phi) is 2.56. The van der Waals surface area contributed by atoms with Crippen LogP contribution >= 0.6 is 0 Å². The van der Waals surface area contributed by atoms with E-state index in [0.29, 0.717) is 23.1 Å². The Hall–Kier alpha value is -2.63. The molecule has 6 nitrogen and oxygen atoms in total. The summed E-state index contributed by atoms with van der Waals surface area (Å²) >= 11 is 0. The number of nitrogens with zero attached hydrogens (tertiary/aromatic N) is 3. The van der Waals surface area contributed by atoms with Gasteiger partial charge in [0.05, 0.1) is 0 Å². The van der Waals surface area contributed by atoms with E-state index in [2.05, 4.69) is 20.3 Å². The molecule has 2 heterocycles. The molecule has 3 aromatic rings. The van der Waals surface area contributed by atoms with E-state index < -0.39 is 0 Å². The maximum absolute atomic E-state index is 5.78. The number of aromatic amines is 1. The summed E-state index contributed by atoms with van der Waals surface area (Å²) in [6.07, 6.45) is 0. The fourth-order valence-corrected chi connectivity index (χ4v) is 1.98. The zero-order chi connectivity index (χ0) is 13.4. The smallest absolute Gasteiger partial charge is 0.263 e. The molecular formula is C13H13N5O. The van der Waals surface area contributed by atoms with Crippen molar-refractivity contribution in [3.8, 4) is 22.8 Å². The van der Waals surface area contributed by atoms with Crippen molar-refractivity contribution in [2.45, 2.75) is 13.8 Å². The number of aromatic nitrogens is 4. The Morgan fingerprint density at radius 1 is 1.21 bits per heavy atom. The molecule has 1 aromatic carbocycles. The van der Waals surface area contributed by atoms with Crippen molar-refractivity contribution in [1.29, 1.82) is 0 Å². The van der Waals surface area contributed by atoms with Crippen LogP contribution in [0.1, 0.15) is 11.3 Å². The molecule has 0 atom stereocenters. The Bertz CT molecular complexity index is 709. The third kappa shape index (κ3) is 1.87. The molecule has 96 valence electrons. The van der Waals surface area contributed by atoms with Crippen LogP contribution in [0.15, 0.2) is 28.8 Å². The number of rotatable bonds is 2. The summed E-state index contributed by atoms with van der Waals surface area (Å²) in [5.41, 5.74) is 9.28. The lowest BCUT2D eigenvalue weighted by atomic mass is 10.1. The van der Waals surface area contributed by atoms with Crippen molar-refractivity contribution in [2.75, 3.05) is 5.73 Å². The van der Waals surface area contributed by atoms with Gasteiger partial charge in [0.2, 0.25) is 5.82 Å². The minimum absolute atomic E-state index is 0.359. The number of H-pyrrole nitrogens is 1. The lowest BCUT2D eigenvalue weighted by Gasteiger charge is -1.98. The van der Waals surface area contributed by atoms with Gasteiger partial charge in [0.25, 0.3) is 5.89 Å². The summed E-state index contributed by atoms with van der Waals surface area (Å²) in [6, 6.07) is 7.87. The normalized spacial score (nSPS) is 10.8. The van der Waals surface area contributed by atoms with Gasteiger partial charge in [-0.25, -0.2) is 0 Å². The zero-order valence-corrected chi connectivity index (χ0v) is 10.6. The van der Waals surface area contributed by atoms with E-state index in [1.54, 1.807) is 0 Å². The predicted molar refractivity (Wildman–Crippen MR) is 71.2 cm³/mol. The fourth-order valence-electron chi connectivity index (χ4n) is 1.98. The molecule has 0 radical (unpaired) electrons. The van der Waals surface area contributed by atoms with E-state index in [1.165, 1.54) is 0 Å². The van der Waals surface area contributed by atoms with Gasteiger partial charge in [-0.05, 0) is 19.4 Å². The van der Waals surface area contributed by atoms with Crippen LogP contribution < -0.4 is 5.73 Å². The molecule has 0 saturated carbocycles. The number of benzene rings is 1. The second-order valence-electron chi connectivity index (χ2n) is 4.35. The van der Waals surface area contributed by atoms with Gasteiger partial charge in [0.15, 0.2) is 5.82 Å². The number of nitrogen functional groups attached to an aromatic ring is 1. The number of hydrogen-bond acceptors (Lipinski definition) is 5. The molecule has 0 bridgehead atoms. The number of nitrogens with two attached hydrogens (primary N) is 1. The number of anilines is 1. The molecule has 0 unspecified atom stereocenters. The summed E-state index contributed by atoms with van der Waals surface area (Å²) in [6.45, 7) is 3.86. The Morgan fingerprint density at radius 3 is 2.68 bits per heavy atom. The van der Waals surface area contributed by atoms with E-state index in [1.807, 2.05) is 38.1 Å². The minimum atomic E-state index is 0.359. The molecule has 0 fully saturated rings. The highest BCUT2D eigenvalue weighted by atomic mass is 16.5. The predicted octanol–water partition coefficient (Wildman–Crippen LogP) is 2.33. The summed E-state index contributed by atoms with van der Waals surface area (Å²) in [5.74, 6) is 1.28. The van der Waals surface area contributed by atoms with E-state index >= 15 is 0 Å². The number of hydrogen-bond donors (Lipinski definition) is 2. The average molecular weight is 255 g/mol. The van der Waals surface area contributed by atoms with Gasteiger partial charge in [-0.1, -0.05) is 29.4 Å². The molecule has 3 rings (SSSR count). The van der Waals surface area contributed by atoms with Gasteiger partial charge < -0.3 is 10.3 Å². The van der Waals surface area contributed by atoms with Gasteiger partial charge in [0, 0.05) is 11.3 Å². The highest BCUT2D eigenvalue weighted by Crippen LogP contribution is 2.28. The van der Waals surface area contributed by atoms with Crippen LogP contribution in [0.25, 0.3) is 22.8 Å². The minimum Gasteiger partial charge on any atom is -0.382 e. The maximum Gasteiger partial charge on any atom is 0.263 e. The van der Waals surface area contributed by atoms with Crippen LogP contribution in [0.3, 0.4) is 0 Å². The molecule has 19 heavy (non-hydrogen) atoms. The molecular weight excluding hydrogens is 242 g/mol. The van der Waals surface area contributed by atoms with E-state index in [0.717, 1.165) is 16.8 Å². The Labute approximate surface area is 109 Å². The van der Waals surface area contributed by atoms with Gasteiger partial charge in [-0.3, -0.25) is 5.10 Å². The first-order chi connectivity index (χ1) is 9.16. The first-order valence-electron chi connectivity index (χ1n) is 5.87. The van der Waals surface area contributed by atoms with Gasteiger partial charge >= 0.3 is 0 Å². The zero-order valence-electron chi connectivity index (χ0n) is 10.6. The average Bonchev–Trinajstić information content (AvgIpc) is 2.97. The van der Waals surface area contributed by atoms with Gasteiger partial charge in [0.1, 0.15) is 5.56 Å². The van der Waals surface area contributed by atoms with Gasteiger partial charge in [-0.15, -0.1) is 0 Å². The van der Waals surface area contributed by atoms with Crippen molar-refractivity contribution >= 4 is 5.82 Å². The lowest BCUT2D eigenvalue weighted by Crippen LogP contribution is -1.89. The first kappa shape index (κ1) is 11.5. The number of aryl methyl sites for hydroxylation is 2. The van der Waals surface area contributed by atoms with Crippen LogP contribution in [0.2, 0.25) is 0 Å². The molecule has 6 heteroatoms. The molecule has 2 aromatic heterocycles. The van der Waals surface area contributed by atoms with Crippen LogP contribution in [0, 0.1) is 13.8 Å². The fraction of sp³-hybridized carbons (Fsp3) is 0.154. The van der Waals surface area contributed by atoms with Gasteiger partial charge in [-0.2, -0.15) is 10.1 Å². The van der Waals surface area contributed by atoms with E-state index in [-0.39, 0.29) is 0 Å². The van der Waals surface area contributed by atoms with Crippen molar-refractivity contribution in [1.82, 2.24) is 20.3 Å². The molecule has 0 saturated heterocycles. The SMILES string of the molecule is Cc1ccccc1-c1noc(-c2c(N)n[nH]c2C)n1. The van der Waals surface area contributed by atoms with Crippen LogP contribution in [-0.2, 0) is 0 Å². The quantitative estimate of drug-likeness (QED) is 0.733. The van der Waals surface area contributed by atoms with E-state index in [9.17, 15) is 0 Å². The van der Waals surface area contributed by atoms with Crippen LogP contribution in [0.5, 0.6) is 0 Å². The Morgan fingerprint density at radius 2 is 2.00 bits per heavy atom.